The number of nitrogens with one attached hydrogen (secondary N) is 1. The van der Waals surface area contributed by atoms with E-state index in [-0.39, 0.29) is 6.10 Å². The van der Waals surface area contributed by atoms with Crippen LogP contribution in [0.5, 0.6) is 0 Å². The van der Waals surface area contributed by atoms with Gasteiger partial charge in [-0.1, -0.05) is 0 Å². The summed E-state index contributed by atoms with van der Waals surface area (Å²) >= 11 is 15.3. The molecule has 2 rings (SSSR count). The molecule has 0 saturated carbocycles. The molecular weight excluding hydrogens is 546 g/mol. The molecule has 1 unspecified atom stereocenters. The van der Waals surface area contributed by atoms with E-state index in [0.717, 1.165) is 33.3 Å². The van der Waals surface area contributed by atoms with Crippen molar-refractivity contribution in [3.05, 3.63) is 66.7 Å². The van der Waals surface area contributed by atoms with Gasteiger partial charge in [0.2, 0.25) is 0 Å². The van der Waals surface area contributed by atoms with Crippen LogP contribution in [-0.2, 0) is 11.0 Å². The first kappa shape index (κ1) is 25.0. The Balaban J connectivity index is 2.27. The molecule has 8 heteroatoms. The molecule has 0 saturated heterocycles. The summed E-state index contributed by atoms with van der Waals surface area (Å²) in [4.78, 5) is 0. The van der Waals surface area contributed by atoms with E-state index in [1.165, 1.54) is 12.1 Å². The summed E-state index contributed by atoms with van der Waals surface area (Å²) in [7, 11) is -2.28. The Labute approximate surface area is 196 Å². The molecule has 0 heterocycles. The number of hydrogen-bond donors (Lipinski definition) is 1. The third kappa shape index (κ3) is 6.87. The standard InChI is InChI=1S/C21H27Cl2F2INOSi/c1-4-29(5-2,6-3)28-20(21-18(22)10-17(26)11-19(21)23)13-27-12-14-7-15(24)9-16(25)8-14/h7-11,20,27,29H,4-6,12-13H2,1-3H3/q-1. The van der Waals surface area contributed by atoms with Crippen molar-refractivity contribution in [2.24, 2.45) is 0 Å². The van der Waals surface area contributed by atoms with Gasteiger partial charge < -0.3 is 0 Å². The molecule has 29 heavy (non-hydrogen) atoms. The van der Waals surface area contributed by atoms with Crippen LogP contribution in [0, 0.1) is 15.2 Å². The molecular formula is C21H27Cl2F2INOSi-. The molecule has 0 radical (unpaired) electrons. The zero-order valence-electron chi connectivity index (χ0n) is 16.9. The molecule has 2 nitrogen and oxygen atoms in total. The summed E-state index contributed by atoms with van der Waals surface area (Å²) in [5.41, 5.74) is 1.31. The molecule has 0 aliphatic rings. The SMILES string of the molecule is CC[SiH-](CC)(CC)OC(CNCc1cc(F)cc(F)c1)c1c(Cl)cc(I)cc1Cl. The normalized spacial score (nSPS) is 13.5. The molecule has 0 bridgehead atoms. The molecule has 0 fully saturated rings. The minimum atomic E-state index is -2.28. The Morgan fingerprint density at radius 2 is 1.48 bits per heavy atom. The average molecular weight is 573 g/mol. The van der Waals surface area contributed by atoms with Gasteiger partial charge >= 0.3 is 197 Å². The zero-order chi connectivity index (χ0) is 21.6. The minimum absolute atomic E-state index is 0.316. The first-order valence-electron chi connectivity index (χ1n) is 9.91. The monoisotopic (exact) mass is 572 g/mol. The second kappa shape index (κ2) is 11.4. The van der Waals surface area contributed by atoms with Crippen LogP contribution >= 0.6 is 45.8 Å². The number of halogens is 5. The first-order valence-corrected chi connectivity index (χ1v) is 14.7. The fourth-order valence-electron chi connectivity index (χ4n) is 3.64. The molecule has 0 amide bonds. The van der Waals surface area contributed by atoms with E-state index in [0.29, 0.717) is 28.7 Å². The van der Waals surface area contributed by atoms with Crippen molar-refractivity contribution in [3.8, 4) is 0 Å². The summed E-state index contributed by atoms with van der Waals surface area (Å²) < 4.78 is 34.6. The van der Waals surface area contributed by atoms with Gasteiger partial charge in [-0.2, -0.15) is 0 Å². The van der Waals surface area contributed by atoms with Crippen LogP contribution in [0.15, 0.2) is 30.3 Å². The van der Waals surface area contributed by atoms with Crippen LogP contribution in [0.4, 0.5) is 8.78 Å². The Morgan fingerprint density at radius 3 is 1.97 bits per heavy atom. The number of hydrogen-bond acceptors (Lipinski definition) is 2. The van der Waals surface area contributed by atoms with E-state index in [1.54, 1.807) is 0 Å². The van der Waals surface area contributed by atoms with Gasteiger partial charge in [0.05, 0.1) is 0 Å². The summed E-state index contributed by atoms with van der Waals surface area (Å²) in [5, 5.41) is 4.41. The summed E-state index contributed by atoms with van der Waals surface area (Å²) in [6, 6.07) is 10.3. The van der Waals surface area contributed by atoms with Crippen LogP contribution in [0.3, 0.4) is 0 Å². The van der Waals surface area contributed by atoms with Crippen LogP contribution < -0.4 is 5.32 Å². The fourth-order valence-corrected chi connectivity index (χ4v) is 8.60. The Hall–Kier alpha value is -0.253. The van der Waals surface area contributed by atoms with Crippen molar-refractivity contribution in [3.63, 3.8) is 0 Å². The van der Waals surface area contributed by atoms with E-state index in [9.17, 15) is 8.78 Å². The average Bonchev–Trinajstić information content (AvgIpc) is 2.64. The summed E-state index contributed by atoms with van der Waals surface area (Å²) in [5.74, 6) is -1.18. The van der Waals surface area contributed by atoms with E-state index >= 15 is 0 Å². The van der Waals surface area contributed by atoms with Crippen LogP contribution in [0.25, 0.3) is 0 Å². The molecule has 0 aliphatic heterocycles. The van der Waals surface area contributed by atoms with Crippen molar-refractivity contribution < 1.29 is 13.2 Å². The van der Waals surface area contributed by atoms with Gasteiger partial charge in [0.15, 0.2) is 0 Å². The summed E-state index contributed by atoms with van der Waals surface area (Å²) in [6.45, 7) is 7.29. The zero-order valence-corrected chi connectivity index (χ0v) is 21.7. The van der Waals surface area contributed by atoms with Gasteiger partial charge in [-0.25, -0.2) is 0 Å². The maximum absolute atomic E-state index is 13.5. The molecule has 0 spiro atoms. The first-order chi connectivity index (χ1) is 13.7. The molecule has 162 valence electrons. The van der Waals surface area contributed by atoms with E-state index in [2.05, 4.69) is 48.7 Å². The fraction of sp³-hybridized carbons (Fsp3) is 0.429. The van der Waals surface area contributed by atoms with Crippen molar-refractivity contribution in [1.82, 2.24) is 5.32 Å². The van der Waals surface area contributed by atoms with E-state index in [4.69, 9.17) is 27.6 Å². The van der Waals surface area contributed by atoms with Gasteiger partial charge in [0.1, 0.15) is 0 Å². The number of benzene rings is 2. The molecule has 1 N–H and O–H groups in total. The second-order valence-electron chi connectivity index (χ2n) is 7.41. The van der Waals surface area contributed by atoms with E-state index in [1.807, 2.05) is 12.1 Å². The molecule has 0 aliphatic carbocycles. The van der Waals surface area contributed by atoms with Crippen molar-refractivity contribution >= 4 is 54.1 Å². The van der Waals surface area contributed by atoms with Crippen molar-refractivity contribution in [2.45, 2.75) is 51.6 Å². The van der Waals surface area contributed by atoms with Gasteiger partial charge in [-0.3, -0.25) is 0 Å². The third-order valence-corrected chi connectivity index (χ3v) is 12.3. The molecule has 0 aromatic heterocycles. The van der Waals surface area contributed by atoms with E-state index < -0.39 is 20.0 Å². The maximum atomic E-state index is 13.5. The third-order valence-electron chi connectivity index (χ3n) is 5.63. The van der Waals surface area contributed by atoms with Gasteiger partial charge in [0.25, 0.3) is 0 Å². The quantitative estimate of drug-likeness (QED) is 0.236. The van der Waals surface area contributed by atoms with Crippen LogP contribution in [0.1, 0.15) is 38.0 Å². The summed E-state index contributed by atoms with van der Waals surface area (Å²) in [6.07, 6.45) is -0.324. The predicted octanol–water partition coefficient (Wildman–Crippen LogP) is 7.46. The van der Waals surface area contributed by atoms with Gasteiger partial charge in [0, 0.05) is 0 Å². The van der Waals surface area contributed by atoms with Crippen molar-refractivity contribution in [1.29, 1.82) is 0 Å². The Kier molecular flexibility index (Phi) is 9.82. The van der Waals surface area contributed by atoms with Gasteiger partial charge in [-0.15, -0.1) is 0 Å². The molecule has 2 aromatic rings. The molecule has 1 atom stereocenters. The Morgan fingerprint density at radius 1 is 0.966 bits per heavy atom. The van der Waals surface area contributed by atoms with Crippen LogP contribution in [-0.4, -0.2) is 14.9 Å². The molecule has 2 aromatic carbocycles. The van der Waals surface area contributed by atoms with Crippen LogP contribution in [0.2, 0.25) is 28.2 Å². The Bertz CT molecular complexity index is 785. The topological polar surface area (TPSA) is 21.3 Å². The number of rotatable bonds is 10. The second-order valence-corrected chi connectivity index (χ2v) is 14.9. The van der Waals surface area contributed by atoms with Gasteiger partial charge in [-0.05, 0) is 0 Å². The predicted molar refractivity (Wildman–Crippen MR) is 130 cm³/mol. The van der Waals surface area contributed by atoms with Crippen molar-refractivity contribution in [2.75, 3.05) is 6.54 Å².